The minimum absolute atomic E-state index is 0.0494. The van der Waals surface area contributed by atoms with Crippen molar-refractivity contribution in [3.8, 4) is 23.0 Å². The van der Waals surface area contributed by atoms with Gasteiger partial charge in [-0.05, 0) is 48.2 Å². The first-order valence-corrected chi connectivity index (χ1v) is 10.7. The van der Waals surface area contributed by atoms with Gasteiger partial charge in [0, 0.05) is 6.04 Å². The number of phosphoric ester groups is 1. The topological polar surface area (TPSA) is 220 Å². The second-order valence-electron chi connectivity index (χ2n) is 7.03. The largest absolute Gasteiger partial charge is 0.524 e. The van der Waals surface area contributed by atoms with E-state index >= 15 is 0 Å². The Labute approximate surface area is 182 Å². The molecule has 0 saturated heterocycles. The van der Waals surface area contributed by atoms with E-state index in [-0.39, 0.29) is 24.3 Å². The molecule has 0 spiro atoms. The van der Waals surface area contributed by atoms with Crippen molar-refractivity contribution in [3.05, 3.63) is 47.5 Å². The molecule has 0 heterocycles. The first-order valence-electron chi connectivity index (χ1n) is 9.19. The first kappa shape index (κ1) is 25.0. The maximum atomic E-state index is 12.5. The molecule has 0 radical (unpaired) electrons. The van der Waals surface area contributed by atoms with Crippen molar-refractivity contribution in [2.24, 2.45) is 5.73 Å². The van der Waals surface area contributed by atoms with Gasteiger partial charge < -0.3 is 36.0 Å². The maximum absolute atomic E-state index is 12.5. The van der Waals surface area contributed by atoms with Crippen LogP contribution in [0.3, 0.4) is 0 Å². The SMILES string of the molecule is N[C@@H](Cc1ccc(OP(=O)(O)O)c(O)c1)C(=O)N[C@H](CC(=O)O)Cc1ccc(O)c(O)c1. The van der Waals surface area contributed by atoms with Crippen LogP contribution in [0.1, 0.15) is 17.5 Å². The molecule has 0 unspecified atom stereocenters. The second-order valence-corrected chi connectivity index (χ2v) is 8.19. The van der Waals surface area contributed by atoms with Gasteiger partial charge in [0.05, 0.1) is 12.5 Å². The molecule has 0 saturated carbocycles. The van der Waals surface area contributed by atoms with Crippen molar-refractivity contribution in [2.75, 3.05) is 0 Å². The molecule has 13 heteroatoms. The van der Waals surface area contributed by atoms with Crippen molar-refractivity contribution < 1.29 is 48.9 Å². The van der Waals surface area contributed by atoms with Crippen LogP contribution in [0.15, 0.2) is 36.4 Å². The lowest BCUT2D eigenvalue weighted by molar-refractivity contribution is -0.137. The van der Waals surface area contributed by atoms with Crippen LogP contribution in [-0.2, 0) is 27.0 Å². The Morgan fingerprint density at radius 2 is 1.56 bits per heavy atom. The number of carbonyl (C=O) groups excluding carboxylic acids is 1. The van der Waals surface area contributed by atoms with E-state index in [1.807, 2.05) is 0 Å². The Kier molecular flexibility index (Phi) is 8.06. The van der Waals surface area contributed by atoms with E-state index in [0.717, 1.165) is 12.1 Å². The van der Waals surface area contributed by atoms with Gasteiger partial charge in [-0.1, -0.05) is 12.1 Å². The van der Waals surface area contributed by atoms with Crippen molar-refractivity contribution in [1.82, 2.24) is 5.32 Å². The molecule has 2 atom stereocenters. The van der Waals surface area contributed by atoms with Crippen LogP contribution in [0.5, 0.6) is 23.0 Å². The normalized spacial score (nSPS) is 13.2. The van der Waals surface area contributed by atoms with Gasteiger partial charge in [-0.3, -0.25) is 19.4 Å². The second kappa shape index (κ2) is 10.3. The molecule has 1 amide bonds. The number of amides is 1. The van der Waals surface area contributed by atoms with E-state index in [1.165, 1.54) is 24.3 Å². The molecule has 0 fully saturated rings. The smallest absolute Gasteiger partial charge is 0.504 e. The summed E-state index contributed by atoms with van der Waals surface area (Å²) in [5.41, 5.74) is 6.73. The summed E-state index contributed by atoms with van der Waals surface area (Å²) < 4.78 is 15.2. The van der Waals surface area contributed by atoms with Gasteiger partial charge in [0.1, 0.15) is 0 Å². The summed E-state index contributed by atoms with van der Waals surface area (Å²) in [6, 6.07) is 5.56. The van der Waals surface area contributed by atoms with Crippen LogP contribution in [-0.4, -0.2) is 54.2 Å². The number of carbonyl (C=O) groups is 2. The number of phenolic OH excluding ortho intramolecular Hbond substituents is 3. The van der Waals surface area contributed by atoms with Gasteiger partial charge >= 0.3 is 13.8 Å². The zero-order chi connectivity index (χ0) is 24.1. The zero-order valence-electron chi connectivity index (χ0n) is 16.6. The molecular formula is C19H23N2O10P. The number of carboxylic acids is 1. The van der Waals surface area contributed by atoms with Crippen molar-refractivity contribution >= 4 is 19.7 Å². The lowest BCUT2D eigenvalue weighted by atomic mass is 10.0. The average molecular weight is 470 g/mol. The third-order valence-corrected chi connectivity index (χ3v) is 4.76. The number of hydrogen-bond acceptors (Lipinski definition) is 8. The molecule has 0 aromatic heterocycles. The van der Waals surface area contributed by atoms with Crippen LogP contribution in [0, 0.1) is 0 Å². The minimum atomic E-state index is -4.86. The highest BCUT2D eigenvalue weighted by molar-refractivity contribution is 7.46. The summed E-state index contributed by atoms with van der Waals surface area (Å²) in [7, 11) is -4.86. The standard InChI is InChI=1S/C19H23N2O10P/c20-13(6-11-2-4-17(16(24)8-11)31-32(28,29)30)19(27)21-12(9-18(25)26)5-10-1-3-14(22)15(23)7-10/h1-4,7-8,12-13,22-24H,5-6,9,20H2,(H,21,27)(H,25,26)(H2,28,29,30)/t12-,13-/m0/s1. The molecule has 9 N–H and O–H groups in total. The minimum Gasteiger partial charge on any atom is -0.504 e. The summed E-state index contributed by atoms with van der Waals surface area (Å²) >= 11 is 0. The van der Waals surface area contributed by atoms with Gasteiger partial charge in [0.25, 0.3) is 0 Å². The third kappa shape index (κ3) is 7.75. The third-order valence-electron chi connectivity index (χ3n) is 4.32. The predicted octanol–water partition coefficient (Wildman–Crippen LogP) is 0.347. The molecule has 2 aromatic carbocycles. The molecule has 2 aromatic rings. The first-order chi connectivity index (χ1) is 14.8. The monoisotopic (exact) mass is 470 g/mol. The Morgan fingerprint density at radius 1 is 0.969 bits per heavy atom. The summed E-state index contributed by atoms with van der Waals surface area (Å²) in [4.78, 5) is 41.2. The van der Waals surface area contributed by atoms with Gasteiger partial charge in [-0.2, -0.15) is 0 Å². The highest BCUT2D eigenvalue weighted by Crippen LogP contribution is 2.41. The number of phenols is 3. The number of aromatic hydroxyl groups is 3. The van der Waals surface area contributed by atoms with Crippen LogP contribution in [0.25, 0.3) is 0 Å². The number of hydrogen-bond donors (Lipinski definition) is 8. The van der Waals surface area contributed by atoms with Crippen LogP contribution in [0.2, 0.25) is 0 Å². The number of nitrogens with one attached hydrogen (secondary N) is 1. The highest BCUT2D eigenvalue weighted by Gasteiger charge is 2.23. The molecular weight excluding hydrogens is 447 g/mol. The quantitative estimate of drug-likeness (QED) is 0.175. The predicted molar refractivity (Wildman–Crippen MR) is 110 cm³/mol. The number of carboxylic acid groups (broad SMARTS) is 1. The molecule has 174 valence electrons. The summed E-state index contributed by atoms with van der Waals surface area (Å²) in [6.45, 7) is 0. The fraction of sp³-hybridized carbons (Fsp3) is 0.263. The fourth-order valence-corrected chi connectivity index (χ4v) is 3.33. The van der Waals surface area contributed by atoms with Gasteiger partial charge in [-0.25, -0.2) is 4.57 Å². The number of rotatable bonds is 10. The molecule has 0 bridgehead atoms. The average Bonchev–Trinajstić information content (AvgIpc) is 2.65. The lowest BCUT2D eigenvalue weighted by Gasteiger charge is -2.20. The number of benzene rings is 2. The van der Waals surface area contributed by atoms with Crippen LogP contribution in [0.4, 0.5) is 0 Å². The Bertz CT molecular complexity index is 1040. The molecule has 0 aliphatic rings. The molecule has 0 aliphatic carbocycles. The van der Waals surface area contributed by atoms with Gasteiger partial charge in [0.15, 0.2) is 23.0 Å². The fourth-order valence-electron chi connectivity index (χ4n) is 2.92. The van der Waals surface area contributed by atoms with E-state index in [9.17, 15) is 29.5 Å². The number of aliphatic carboxylic acids is 1. The molecule has 32 heavy (non-hydrogen) atoms. The van der Waals surface area contributed by atoms with Crippen molar-refractivity contribution in [2.45, 2.75) is 31.3 Å². The number of nitrogens with two attached hydrogens (primary N) is 1. The highest BCUT2D eigenvalue weighted by atomic mass is 31.2. The van der Waals surface area contributed by atoms with Gasteiger partial charge in [-0.15, -0.1) is 0 Å². The van der Waals surface area contributed by atoms with Crippen molar-refractivity contribution in [3.63, 3.8) is 0 Å². The van der Waals surface area contributed by atoms with Gasteiger partial charge in [0.2, 0.25) is 5.91 Å². The van der Waals surface area contributed by atoms with Crippen LogP contribution < -0.4 is 15.6 Å². The lowest BCUT2D eigenvalue weighted by Crippen LogP contribution is -2.47. The van der Waals surface area contributed by atoms with E-state index in [2.05, 4.69) is 9.84 Å². The Balaban J connectivity index is 2.05. The molecule has 0 aliphatic heterocycles. The molecule has 12 nitrogen and oxygen atoms in total. The van der Waals surface area contributed by atoms with E-state index in [4.69, 9.17) is 20.6 Å². The Hall–Kier alpha value is -3.31. The van der Waals surface area contributed by atoms with Crippen LogP contribution >= 0.6 is 7.82 Å². The summed E-state index contributed by atoms with van der Waals surface area (Å²) in [6.07, 6.45) is -0.446. The van der Waals surface area contributed by atoms with E-state index in [0.29, 0.717) is 11.1 Å². The number of phosphoric acid groups is 1. The zero-order valence-corrected chi connectivity index (χ0v) is 17.5. The van der Waals surface area contributed by atoms with Crippen molar-refractivity contribution in [1.29, 1.82) is 0 Å². The maximum Gasteiger partial charge on any atom is 0.524 e. The molecule has 2 rings (SSSR count). The van der Waals surface area contributed by atoms with E-state index < -0.39 is 49.7 Å². The summed E-state index contributed by atoms with van der Waals surface area (Å²) in [5, 5.41) is 40.5. The van der Waals surface area contributed by atoms with E-state index in [1.54, 1.807) is 0 Å². The summed E-state index contributed by atoms with van der Waals surface area (Å²) in [5.74, 6) is -3.57. The Morgan fingerprint density at radius 3 is 2.12 bits per heavy atom.